The number of alkyl carbamates (subject to hydrolysis) is 1. The molecule has 0 heterocycles. The summed E-state index contributed by atoms with van der Waals surface area (Å²) in [5, 5.41) is 2.63. The minimum absolute atomic E-state index is 0.0428. The number of nitrogens with two attached hydrogens (primary N) is 1. The third kappa shape index (κ3) is 8.42. The van der Waals surface area contributed by atoms with Gasteiger partial charge in [-0.15, -0.1) is 0 Å². The van der Waals surface area contributed by atoms with E-state index in [1.54, 1.807) is 20.8 Å². The Labute approximate surface area is 144 Å². The van der Waals surface area contributed by atoms with Gasteiger partial charge >= 0.3 is 12.3 Å². The molecule has 1 aromatic rings. The van der Waals surface area contributed by atoms with Crippen LogP contribution in [0.25, 0.3) is 0 Å². The topological polar surface area (TPSA) is 81.4 Å². The lowest BCUT2D eigenvalue weighted by Gasteiger charge is -2.23. The van der Waals surface area contributed by atoms with Gasteiger partial charge in [-0.05, 0) is 51.3 Å². The zero-order valence-electron chi connectivity index (χ0n) is 14.4. The van der Waals surface area contributed by atoms with Gasteiger partial charge in [0.1, 0.15) is 5.60 Å². The first kappa shape index (κ1) is 20.8. The lowest BCUT2D eigenvalue weighted by Crippen LogP contribution is -2.40. The zero-order valence-corrected chi connectivity index (χ0v) is 14.4. The number of rotatable bonds is 6. The maximum atomic E-state index is 12.6. The van der Waals surface area contributed by atoms with Crippen LogP contribution in [0.4, 0.5) is 18.0 Å². The number of amides is 2. The van der Waals surface area contributed by atoms with Crippen molar-refractivity contribution in [2.24, 2.45) is 5.73 Å². The van der Waals surface area contributed by atoms with E-state index in [-0.39, 0.29) is 19.3 Å². The Morgan fingerprint density at radius 1 is 1.16 bits per heavy atom. The van der Waals surface area contributed by atoms with Gasteiger partial charge in [-0.2, -0.15) is 13.2 Å². The summed E-state index contributed by atoms with van der Waals surface area (Å²) in [6.07, 6.45) is -4.51. The lowest BCUT2D eigenvalue weighted by molar-refractivity contribution is -0.137. The van der Waals surface area contributed by atoms with Crippen molar-refractivity contribution in [1.82, 2.24) is 5.32 Å². The summed E-state index contributed by atoms with van der Waals surface area (Å²) in [7, 11) is 0. The van der Waals surface area contributed by atoms with Gasteiger partial charge in [0.2, 0.25) is 5.91 Å². The van der Waals surface area contributed by atoms with Crippen LogP contribution in [0, 0.1) is 0 Å². The molecule has 0 saturated carbocycles. The summed E-state index contributed by atoms with van der Waals surface area (Å²) < 4.78 is 43.0. The monoisotopic (exact) mass is 360 g/mol. The molecule has 2 amide bonds. The van der Waals surface area contributed by atoms with E-state index in [2.05, 4.69) is 5.32 Å². The molecule has 0 radical (unpaired) electrons. The molecule has 25 heavy (non-hydrogen) atoms. The number of benzene rings is 1. The Balaban J connectivity index is 2.79. The molecule has 3 N–H and O–H groups in total. The molecule has 0 aliphatic rings. The van der Waals surface area contributed by atoms with E-state index in [0.29, 0.717) is 5.56 Å². The first-order chi connectivity index (χ1) is 11.4. The Kier molecular flexibility index (Phi) is 6.84. The maximum Gasteiger partial charge on any atom is 0.416 e. The Bertz CT molecular complexity index is 593. The standard InChI is InChI=1S/C17H23F3N2O3/c1-16(2,3)25-15(24)22-13(8-9-14(21)23)10-11-4-6-12(7-5-11)17(18,19)20/h4-7,13H,8-10H2,1-3H3,(H2,21,23)(H,22,24)/t13-/m1/s1. The molecule has 0 bridgehead atoms. The number of halogens is 3. The highest BCUT2D eigenvalue weighted by atomic mass is 19.4. The van der Waals surface area contributed by atoms with Gasteiger partial charge < -0.3 is 15.8 Å². The van der Waals surface area contributed by atoms with E-state index in [0.717, 1.165) is 12.1 Å². The fourth-order valence-electron chi connectivity index (χ4n) is 2.13. The molecule has 1 rings (SSSR count). The van der Waals surface area contributed by atoms with Crippen molar-refractivity contribution in [3.05, 3.63) is 35.4 Å². The van der Waals surface area contributed by atoms with Crippen LogP contribution in [0.1, 0.15) is 44.7 Å². The van der Waals surface area contributed by atoms with Crippen molar-refractivity contribution in [3.8, 4) is 0 Å². The molecular weight excluding hydrogens is 337 g/mol. The largest absolute Gasteiger partial charge is 0.444 e. The Hall–Kier alpha value is -2.25. The van der Waals surface area contributed by atoms with E-state index in [4.69, 9.17) is 10.5 Å². The molecular formula is C17H23F3N2O3. The lowest BCUT2D eigenvalue weighted by atomic mass is 10.0. The third-order valence-corrected chi connectivity index (χ3v) is 3.22. The number of primary amides is 1. The quantitative estimate of drug-likeness (QED) is 0.816. The minimum Gasteiger partial charge on any atom is -0.444 e. The molecule has 0 aliphatic heterocycles. The van der Waals surface area contributed by atoms with Crippen LogP contribution < -0.4 is 11.1 Å². The predicted molar refractivity (Wildman–Crippen MR) is 86.7 cm³/mol. The van der Waals surface area contributed by atoms with Crippen LogP contribution in [0.2, 0.25) is 0 Å². The molecule has 1 aromatic carbocycles. The van der Waals surface area contributed by atoms with Crippen LogP contribution in [0.15, 0.2) is 24.3 Å². The van der Waals surface area contributed by atoms with E-state index >= 15 is 0 Å². The van der Waals surface area contributed by atoms with Crippen molar-refractivity contribution in [2.45, 2.75) is 57.9 Å². The molecule has 0 fully saturated rings. The molecule has 8 heteroatoms. The molecule has 0 unspecified atom stereocenters. The van der Waals surface area contributed by atoms with Crippen LogP contribution in [0.5, 0.6) is 0 Å². The van der Waals surface area contributed by atoms with Crippen LogP contribution in [-0.4, -0.2) is 23.6 Å². The van der Waals surface area contributed by atoms with E-state index < -0.39 is 35.4 Å². The number of carbonyl (C=O) groups excluding carboxylic acids is 2. The fraction of sp³-hybridized carbons (Fsp3) is 0.529. The molecule has 0 aromatic heterocycles. The molecule has 5 nitrogen and oxygen atoms in total. The highest BCUT2D eigenvalue weighted by Crippen LogP contribution is 2.29. The molecule has 0 aliphatic carbocycles. The highest BCUT2D eigenvalue weighted by Gasteiger charge is 2.30. The highest BCUT2D eigenvalue weighted by molar-refractivity contribution is 5.74. The smallest absolute Gasteiger partial charge is 0.416 e. The van der Waals surface area contributed by atoms with Gasteiger partial charge in [0, 0.05) is 12.5 Å². The summed E-state index contributed by atoms with van der Waals surface area (Å²) in [5.74, 6) is -0.525. The van der Waals surface area contributed by atoms with E-state index in [9.17, 15) is 22.8 Å². The molecule has 0 saturated heterocycles. The number of carbonyl (C=O) groups is 2. The number of ether oxygens (including phenoxy) is 1. The predicted octanol–water partition coefficient (Wildman–Crippen LogP) is 3.41. The van der Waals surface area contributed by atoms with E-state index in [1.165, 1.54) is 12.1 Å². The maximum absolute atomic E-state index is 12.6. The van der Waals surface area contributed by atoms with Gasteiger partial charge in [0.15, 0.2) is 0 Å². The summed E-state index contributed by atoms with van der Waals surface area (Å²) >= 11 is 0. The molecule has 140 valence electrons. The normalized spacial score (nSPS) is 13.2. The number of hydrogen-bond acceptors (Lipinski definition) is 3. The summed E-state index contributed by atoms with van der Waals surface area (Å²) in [5.41, 5.74) is 4.29. The minimum atomic E-state index is -4.40. The first-order valence-corrected chi connectivity index (χ1v) is 7.81. The molecule has 1 atom stereocenters. The SMILES string of the molecule is CC(C)(C)OC(=O)N[C@H](CCC(N)=O)Cc1ccc(C(F)(F)F)cc1. The fourth-order valence-corrected chi connectivity index (χ4v) is 2.13. The second kappa shape index (κ2) is 8.22. The van der Waals surface area contributed by atoms with Crippen molar-refractivity contribution < 1.29 is 27.5 Å². The van der Waals surface area contributed by atoms with Crippen LogP contribution in [0.3, 0.4) is 0 Å². The van der Waals surface area contributed by atoms with Gasteiger partial charge in [-0.3, -0.25) is 4.79 Å². The zero-order chi connectivity index (χ0) is 19.3. The van der Waals surface area contributed by atoms with Crippen LogP contribution in [-0.2, 0) is 22.1 Å². The Morgan fingerprint density at radius 3 is 2.16 bits per heavy atom. The summed E-state index contributed by atoms with van der Waals surface area (Å²) in [6.45, 7) is 5.13. The number of hydrogen-bond donors (Lipinski definition) is 2. The van der Waals surface area contributed by atoms with Gasteiger partial charge in [-0.1, -0.05) is 12.1 Å². The number of alkyl halides is 3. The third-order valence-electron chi connectivity index (χ3n) is 3.22. The Morgan fingerprint density at radius 2 is 1.72 bits per heavy atom. The van der Waals surface area contributed by atoms with Crippen molar-refractivity contribution in [3.63, 3.8) is 0 Å². The number of nitrogens with one attached hydrogen (secondary N) is 1. The van der Waals surface area contributed by atoms with Crippen molar-refractivity contribution in [1.29, 1.82) is 0 Å². The van der Waals surface area contributed by atoms with Crippen LogP contribution >= 0.6 is 0 Å². The van der Waals surface area contributed by atoms with Crippen molar-refractivity contribution in [2.75, 3.05) is 0 Å². The second-order valence-electron chi connectivity index (χ2n) is 6.75. The van der Waals surface area contributed by atoms with Gasteiger partial charge in [0.25, 0.3) is 0 Å². The van der Waals surface area contributed by atoms with Gasteiger partial charge in [-0.25, -0.2) is 4.79 Å². The average molecular weight is 360 g/mol. The average Bonchev–Trinajstić information content (AvgIpc) is 2.42. The summed E-state index contributed by atoms with van der Waals surface area (Å²) in [6, 6.07) is 4.16. The first-order valence-electron chi connectivity index (χ1n) is 7.81. The second-order valence-corrected chi connectivity index (χ2v) is 6.75. The summed E-state index contributed by atoms with van der Waals surface area (Å²) in [4.78, 5) is 22.9. The molecule has 0 spiro atoms. The van der Waals surface area contributed by atoms with E-state index in [1.807, 2.05) is 0 Å². The van der Waals surface area contributed by atoms with Crippen molar-refractivity contribution >= 4 is 12.0 Å². The van der Waals surface area contributed by atoms with Gasteiger partial charge in [0.05, 0.1) is 5.56 Å².